The van der Waals surface area contributed by atoms with Crippen molar-refractivity contribution >= 4 is 0 Å². The van der Waals surface area contributed by atoms with E-state index in [1.54, 1.807) is 0 Å². The van der Waals surface area contributed by atoms with Crippen molar-refractivity contribution in [1.29, 1.82) is 0 Å². The lowest BCUT2D eigenvalue weighted by molar-refractivity contribution is -0.184. The Labute approximate surface area is 101 Å². The van der Waals surface area contributed by atoms with Gasteiger partial charge in [-0.05, 0) is 11.1 Å². The fraction of sp³-hybridized carbons (Fsp3) is 0.143. The van der Waals surface area contributed by atoms with Crippen LogP contribution in [0.5, 0.6) is 0 Å². The van der Waals surface area contributed by atoms with Crippen molar-refractivity contribution in [3.05, 3.63) is 71.8 Å². The maximum atomic E-state index is 5.17. The van der Waals surface area contributed by atoms with Gasteiger partial charge in [0.05, 0.1) is 13.2 Å². The highest BCUT2D eigenvalue weighted by Gasteiger charge is 1.93. The molecule has 17 heavy (non-hydrogen) atoms. The molecule has 3 nitrogen and oxygen atoms in total. The Balaban J connectivity index is 1.61. The first-order chi connectivity index (χ1) is 8.45. The highest BCUT2D eigenvalue weighted by molar-refractivity contribution is 5.14. The van der Waals surface area contributed by atoms with Crippen molar-refractivity contribution < 1.29 is 9.68 Å². The van der Waals surface area contributed by atoms with Gasteiger partial charge in [0.25, 0.3) is 0 Å². The Hall–Kier alpha value is -1.68. The third-order valence-corrected chi connectivity index (χ3v) is 2.28. The number of nitrogens with one attached hydrogen (secondary N) is 1. The van der Waals surface area contributed by atoms with E-state index < -0.39 is 0 Å². The second-order valence-corrected chi connectivity index (χ2v) is 3.63. The molecule has 0 amide bonds. The molecule has 0 atom stereocenters. The normalized spacial score (nSPS) is 10.4. The molecule has 0 aliphatic rings. The highest BCUT2D eigenvalue weighted by Crippen LogP contribution is 2.01. The van der Waals surface area contributed by atoms with Crippen LogP contribution in [0.15, 0.2) is 60.7 Å². The van der Waals surface area contributed by atoms with E-state index in [2.05, 4.69) is 5.64 Å². The monoisotopic (exact) mass is 229 g/mol. The first-order valence-corrected chi connectivity index (χ1v) is 5.51. The fourth-order valence-corrected chi connectivity index (χ4v) is 1.42. The van der Waals surface area contributed by atoms with Gasteiger partial charge in [0, 0.05) is 0 Å². The minimum absolute atomic E-state index is 0.482. The minimum Gasteiger partial charge on any atom is -0.272 e. The predicted molar refractivity (Wildman–Crippen MR) is 65.6 cm³/mol. The number of rotatable bonds is 6. The van der Waals surface area contributed by atoms with Gasteiger partial charge < -0.3 is 0 Å². The molecule has 0 saturated heterocycles. The highest BCUT2D eigenvalue weighted by atomic mass is 16.9. The SMILES string of the molecule is c1ccc(CONOCc2ccccc2)cc1. The van der Waals surface area contributed by atoms with Gasteiger partial charge in [-0.15, -0.1) is 0 Å². The van der Waals surface area contributed by atoms with Crippen LogP contribution in [0.25, 0.3) is 0 Å². The summed E-state index contributed by atoms with van der Waals surface area (Å²) in [5.74, 6) is 0. The Morgan fingerprint density at radius 1 is 0.647 bits per heavy atom. The zero-order chi connectivity index (χ0) is 11.8. The van der Waals surface area contributed by atoms with E-state index >= 15 is 0 Å². The third-order valence-electron chi connectivity index (χ3n) is 2.28. The van der Waals surface area contributed by atoms with Crippen LogP contribution in [0.3, 0.4) is 0 Å². The molecule has 0 radical (unpaired) electrons. The Morgan fingerprint density at radius 3 is 1.47 bits per heavy atom. The van der Waals surface area contributed by atoms with Gasteiger partial charge in [-0.3, -0.25) is 9.68 Å². The number of hydrogen-bond donors (Lipinski definition) is 1. The molecule has 0 aliphatic carbocycles. The van der Waals surface area contributed by atoms with Crippen LogP contribution in [0.2, 0.25) is 0 Å². The lowest BCUT2D eigenvalue weighted by Crippen LogP contribution is -2.14. The minimum atomic E-state index is 0.482. The maximum Gasteiger partial charge on any atom is 0.0959 e. The Kier molecular flexibility index (Phi) is 4.72. The molecule has 2 aromatic rings. The van der Waals surface area contributed by atoms with Gasteiger partial charge in [-0.2, -0.15) is 0 Å². The summed E-state index contributed by atoms with van der Waals surface area (Å²) in [7, 11) is 0. The largest absolute Gasteiger partial charge is 0.272 e. The Morgan fingerprint density at radius 2 is 1.06 bits per heavy atom. The molecule has 1 N–H and O–H groups in total. The molecular weight excluding hydrogens is 214 g/mol. The second kappa shape index (κ2) is 6.81. The van der Waals surface area contributed by atoms with Gasteiger partial charge in [0.1, 0.15) is 0 Å². The fourth-order valence-electron chi connectivity index (χ4n) is 1.42. The molecule has 2 rings (SSSR count). The zero-order valence-corrected chi connectivity index (χ0v) is 9.50. The van der Waals surface area contributed by atoms with E-state index in [1.807, 2.05) is 60.7 Å². The van der Waals surface area contributed by atoms with E-state index in [9.17, 15) is 0 Å². The van der Waals surface area contributed by atoms with Gasteiger partial charge in [-0.1, -0.05) is 66.3 Å². The van der Waals surface area contributed by atoms with Crippen LogP contribution in [0.1, 0.15) is 11.1 Å². The molecule has 0 bridgehead atoms. The lowest BCUT2D eigenvalue weighted by Gasteiger charge is -2.06. The van der Waals surface area contributed by atoms with E-state index in [0.717, 1.165) is 11.1 Å². The van der Waals surface area contributed by atoms with Gasteiger partial charge >= 0.3 is 0 Å². The quantitative estimate of drug-likeness (QED) is 0.610. The van der Waals surface area contributed by atoms with Gasteiger partial charge in [0.2, 0.25) is 0 Å². The number of benzene rings is 2. The molecule has 3 heteroatoms. The second-order valence-electron chi connectivity index (χ2n) is 3.63. The van der Waals surface area contributed by atoms with E-state index in [0.29, 0.717) is 13.2 Å². The summed E-state index contributed by atoms with van der Waals surface area (Å²) in [6.07, 6.45) is 0. The van der Waals surface area contributed by atoms with Crippen LogP contribution in [-0.4, -0.2) is 0 Å². The van der Waals surface area contributed by atoms with Crippen LogP contribution < -0.4 is 5.64 Å². The number of hydrogen-bond acceptors (Lipinski definition) is 3. The molecule has 0 saturated carbocycles. The molecule has 88 valence electrons. The summed E-state index contributed by atoms with van der Waals surface area (Å²) in [4.78, 5) is 10.3. The van der Waals surface area contributed by atoms with E-state index in [-0.39, 0.29) is 0 Å². The topological polar surface area (TPSA) is 30.5 Å². The first kappa shape index (κ1) is 11.8. The average Bonchev–Trinajstić information content (AvgIpc) is 2.41. The summed E-state index contributed by atoms with van der Waals surface area (Å²) in [5.41, 5.74) is 4.68. The molecular formula is C14H15NO2. The smallest absolute Gasteiger partial charge is 0.0959 e. The maximum absolute atomic E-state index is 5.17. The third kappa shape index (κ3) is 4.36. The van der Waals surface area contributed by atoms with Crippen LogP contribution in [-0.2, 0) is 22.9 Å². The van der Waals surface area contributed by atoms with Crippen molar-refractivity contribution in [3.63, 3.8) is 0 Å². The molecule has 0 aliphatic heterocycles. The van der Waals surface area contributed by atoms with Crippen LogP contribution in [0, 0.1) is 0 Å². The van der Waals surface area contributed by atoms with Crippen molar-refractivity contribution in [2.24, 2.45) is 0 Å². The predicted octanol–water partition coefficient (Wildman–Crippen LogP) is 2.84. The van der Waals surface area contributed by atoms with E-state index in [4.69, 9.17) is 9.68 Å². The van der Waals surface area contributed by atoms with Crippen LogP contribution >= 0.6 is 0 Å². The summed E-state index contributed by atoms with van der Waals surface area (Å²) < 4.78 is 0. The van der Waals surface area contributed by atoms with Crippen molar-refractivity contribution in [3.8, 4) is 0 Å². The molecule has 2 aromatic carbocycles. The zero-order valence-electron chi connectivity index (χ0n) is 9.50. The first-order valence-electron chi connectivity index (χ1n) is 5.51. The Bertz CT molecular complexity index is 375. The summed E-state index contributed by atoms with van der Waals surface area (Å²) >= 11 is 0. The van der Waals surface area contributed by atoms with E-state index in [1.165, 1.54) is 0 Å². The van der Waals surface area contributed by atoms with Crippen molar-refractivity contribution in [1.82, 2.24) is 5.64 Å². The molecule has 0 aromatic heterocycles. The molecule has 0 fully saturated rings. The van der Waals surface area contributed by atoms with Crippen molar-refractivity contribution in [2.45, 2.75) is 13.2 Å². The summed E-state index contributed by atoms with van der Waals surface area (Å²) in [5, 5.41) is 0. The summed E-state index contributed by atoms with van der Waals surface area (Å²) in [6.45, 7) is 0.964. The van der Waals surface area contributed by atoms with Gasteiger partial charge in [-0.25, -0.2) is 0 Å². The average molecular weight is 229 g/mol. The molecule has 0 unspecified atom stereocenters. The van der Waals surface area contributed by atoms with Crippen molar-refractivity contribution in [2.75, 3.05) is 0 Å². The standard InChI is InChI=1S/C14H15NO2/c1-3-7-13(8-4-1)11-16-15-17-12-14-9-5-2-6-10-14/h1-10,15H,11-12H2. The molecule has 0 spiro atoms. The lowest BCUT2D eigenvalue weighted by atomic mass is 10.2. The van der Waals surface area contributed by atoms with Gasteiger partial charge in [0.15, 0.2) is 0 Å². The van der Waals surface area contributed by atoms with Crippen LogP contribution in [0.4, 0.5) is 0 Å². The summed E-state index contributed by atoms with van der Waals surface area (Å²) in [6, 6.07) is 19.8. The molecule has 0 heterocycles.